The highest BCUT2D eigenvalue weighted by Crippen LogP contribution is 2.24. The summed E-state index contributed by atoms with van der Waals surface area (Å²) >= 11 is 0. The molecule has 8 nitrogen and oxygen atoms in total. The number of carbonyl (C=O) groups excluding carboxylic acids is 2. The lowest BCUT2D eigenvalue weighted by molar-refractivity contribution is -0.385. The summed E-state index contributed by atoms with van der Waals surface area (Å²) in [6.45, 7) is 4.29. The number of hydrogen-bond donors (Lipinski definition) is 2. The molecule has 2 saturated heterocycles. The largest absolute Gasteiger partial charge is 0.354 e. The van der Waals surface area contributed by atoms with Crippen LogP contribution in [0.25, 0.3) is 0 Å². The van der Waals surface area contributed by atoms with E-state index in [-0.39, 0.29) is 35.0 Å². The molecule has 2 atom stereocenters. The summed E-state index contributed by atoms with van der Waals surface area (Å²) in [4.78, 5) is 37.5. The van der Waals surface area contributed by atoms with E-state index in [2.05, 4.69) is 10.6 Å². The van der Waals surface area contributed by atoms with Crippen molar-refractivity contribution in [3.63, 3.8) is 0 Å². The standard InChI is InChI=1S/C19H26N4O4/c1-13-6-7-17(23(26)27)15(10-13)19(25)22-9-3-4-14(12-22)11-21-18(24)16-5-2-8-20-16/h6-7,10,14,16,20H,2-5,8-9,11-12H2,1H3,(H,21,24). The maximum absolute atomic E-state index is 12.9. The van der Waals surface area contributed by atoms with Crippen LogP contribution in [-0.4, -0.2) is 53.9 Å². The summed E-state index contributed by atoms with van der Waals surface area (Å²) in [7, 11) is 0. The fourth-order valence-corrected chi connectivity index (χ4v) is 3.84. The van der Waals surface area contributed by atoms with Gasteiger partial charge < -0.3 is 15.5 Å². The van der Waals surface area contributed by atoms with Gasteiger partial charge in [-0.1, -0.05) is 6.07 Å². The predicted octanol–water partition coefficient (Wildman–Crippen LogP) is 1.62. The number of aryl methyl sites for hydroxylation is 1. The van der Waals surface area contributed by atoms with Crippen molar-refractivity contribution in [2.75, 3.05) is 26.2 Å². The third-order valence-electron chi connectivity index (χ3n) is 5.33. The van der Waals surface area contributed by atoms with Crippen LogP contribution in [0.2, 0.25) is 0 Å². The third kappa shape index (κ3) is 4.63. The van der Waals surface area contributed by atoms with Gasteiger partial charge in [-0.25, -0.2) is 0 Å². The van der Waals surface area contributed by atoms with Crippen molar-refractivity contribution in [3.05, 3.63) is 39.4 Å². The monoisotopic (exact) mass is 374 g/mol. The molecule has 0 spiro atoms. The van der Waals surface area contributed by atoms with Crippen LogP contribution >= 0.6 is 0 Å². The molecule has 2 aliphatic rings. The topological polar surface area (TPSA) is 105 Å². The zero-order valence-electron chi connectivity index (χ0n) is 15.6. The van der Waals surface area contributed by atoms with E-state index in [9.17, 15) is 19.7 Å². The van der Waals surface area contributed by atoms with Crippen LogP contribution in [0.3, 0.4) is 0 Å². The minimum atomic E-state index is -0.511. The number of piperidine rings is 1. The van der Waals surface area contributed by atoms with Gasteiger partial charge in [0.15, 0.2) is 0 Å². The molecule has 2 unspecified atom stereocenters. The Morgan fingerprint density at radius 2 is 2.15 bits per heavy atom. The Morgan fingerprint density at radius 3 is 2.85 bits per heavy atom. The Balaban J connectivity index is 1.62. The van der Waals surface area contributed by atoms with Gasteiger partial charge in [0.25, 0.3) is 11.6 Å². The number of nitro groups is 1. The number of nitro benzene ring substituents is 1. The van der Waals surface area contributed by atoms with Crippen molar-refractivity contribution in [1.29, 1.82) is 0 Å². The number of hydrogen-bond acceptors (Lipinski definition) is 5. The third-order valence-corrected chi connectivity index (χ3v) is 5.33. The second kappa shape index (κ2) is 8.47. The minimum absolute atomic E-state index is 0.0188. The van der Waals surface area contributed by atoms with Gasteiger partial charge in [-0.15, -0.1) is 0 Å². The summed E-state index contributed by atoms with van der Waals surface area (Å²) in [5, 5.41) is 17.4. The van der Waals surface area contributed by atoms with Gasteiger partial charge >= 0.3 is 0 Å². The average molecular weight is 374 g/mol. The molecular weight excluding hydrogens is 348 g/mol. The van der Waals surface area contributed by atoms with Crippen molar-refractivity contribution in [2.24, 2.45) is 5.92 Å². The van der Waals surface area contributed by atoms with Gasteiger partial charge in [0.1, 0.15) is 5.56 Å². The summed E-state index contributed by atoms with van der Waals surface area (Å²) in [6, 6.07) is 4.50. The highest BCUT2D eigenvalue weighted by molar-refractivity contribution is 5.98. The molecule has 1 aromatic rings. The van der Waals surface area contributed by atoms with Gasteiger partial charge in [-0.05, 0) is 56.7 Å². The van der Waals surface area contributed by atoms with E-state index < -0.39 is 4.92 Å². The lowest BCUT2D eigenvalue weighted by Crippen LogP contribution is -2.46. The molecule has 8 heteroatoms. The fraction of sp³-hybridized carbons (Fsp3) is 0.579. The zero-order valence-corrected chi connectivity index (χ0v) is 15.6. The number of likely N-dealkylation sites (tertiary alicyclic amines) is 1. The van der Waals surface area contributed by atoms with Gasteiger partial charge in [0, 0.05) is 25.7 Å². The smallest absolute Gasteiger partial charge is 0.282 e. The Bertz CT molecular complexity index is 730. The van der Waals surface area contributed by atoms with E-state index in [1.54, 1.807) is 17.0 Å². The molecule has 2 fully saturated rings. The van der Waals surface area contributed by atoms with E-state index in [1.165, 1.54) is 6.07 Å². The van der Waals surface area contributed by atoms with Crippen molar-refractivity contribution in [1.82, 2.24) is 15.5 Å². The first kappa shape index (κ1) is 19.3. The predicted molar refractivity (Wildman–Crippen MR) is 100 cm³/mol. The minimum Gasteiger partial charge on any atom is -0.354 e. The van der Waals surface area contributed by atoms with E-state index in [4.69, 9.17) is 0 Å². The molecule has 3 rings (SSSR count). The molecule has 0 aliphatic carbocycles. The average Bonchev–Trinajstić information content (AvgIpc) is 3.20. The maximum atomic E-state index is 12.9. The normalized spacial score (nSPS) is 22.5. The summed E-state index contributed by atoms with van der Waals surface area (Å²) in [5.74, 6) is -0.124. The number of benzene rings is 1. The maximum Gasteiger partial charge on any atom is 0.282 e. The number of nitrogens with one attached hydrogen (secondary N) is 2. The number of rotatable bonds is 5. The van der Waals surface area contributed by atoms with Crippen LogP contribution in [0, 0.1) is 23.0 Å². The van der Waals surface area contributed by atoms with E-state index in [0.29, 0.717) is 19.6 Å². The Kier molecular flexibility index (Phi) is 6.05. The molecule has 27 heavy (non-hydrogen) atoms. The second-order valence-electron chi connectivity index (χ2n) is 7.43. The lowest BCUT2D eigenvalue weighted by atomic mass is 9.96. The lowest BCUT2D eigenvalue weighted by Gasteiger charge is -2.33. The molecular formula is C19H26N4O4. The highest BCUT2D eigenvalue weighted by Gasteiger charge is 2.30. The Labute approximate surface area is 158 Å². The van der Waals surface area contributed by atoms with Crippen LogP contribution in [0.15, 0.2) is 18.2 Å². The second-order valence-corrected chi connectivity index (χ2v) is 7.43. The highest BCUT2D eigenvalue weighted by atomic mass is 16.6. The van der Waals surface area contributed by atoms with Crippen molar-refractivity contribution < 1.29 is 14.5 Å². The molecule has 0 bridgehead atoms. The molecule has 0 aromatic heterocycles. The molecule has 2 aliphatic heterocycles. The first-order valence-electron chi connectivity index (χ1n) is 9.51. The number of amides is 2. The van der Waals surface area contributed by atoms with Gasteiger partial charge in [-0.3, -0.25) is 19.7 Å². The van der Waals surface area contributed by atoms with Gasteiger partial charge in [0.2, 0.25) is 5.91 Å². The number of carbonyl (C=O) groups is 2. The van der Waals surface area contributed by atoms with Crippen molar-refractivity contribution in [3.8, 4) is 0 Å². The van der Waals surface area contributed by atoms with Crippen molar-refractivity contribution in [2.45, 2.75) is 38.6 Å². The van der Waals surface area contributed by atoms with Crippen molar-refractivity contribution >= 4 is 17.5 Å². The molecule has 0 radical (unpaired) electrons. The molecule has 2 heterocycles. The summed E-state index contributed by atoms with van der Waals surface area (Å²) in [6.07, 6.45) is 3.63. The molecule has 0 saturated carbocycles. The van der Waals surface area contributed by atoms with Crippen LogP contribution in [0.5, 0.6) is 0 Å². The van der Waals surface area contributed by atoms with Crippen LogP contribution in [0.4, 0.5) is 5.69 Å². The van der Waals surface area contributed by atoms with Crippen LogP contribution < -0.4 is 10.6 Å². The van der Waals surface area contributed by atoms with Crippen LogP contribution in [-0.2, 0) is 4.79 Å². The molecule has 2 N–H and O–H groups in total. The molecule has 146 valence electrons. The first-order valence-corrected chi connectivity index (χ1v) is 9.51. The van der Waals surface area contributed by atoms with Gasteiger partial charge in [-0.2, -0.15) is 0 Å². The SMILES string of the molecule is Cc1ccc([N+](=O)[O-])c(C(=O)N2CCCC(CNC(=O)C3CCCN3)C2)c1. The van der Waals surface area contributed by atoms with E-state index in [1.807, 2.05) is 6.92 Å². The molecule has 1 aromatic carbocycles. The molecule has 2 amide bonds. The first-order chi connectivity index (χ1) is 13.0. The number of nitrogens with zero attached hydrogens (tertiary/aromatic N) is 2. The quantitative estimate of drug-likeness (QED) is 0.602. The fourth-order valence-electron chi connectivity index (χ4n) is 3.84. The summed E-state index contributed by atoms with van der Waals surface area (Å²) in [5.41, 5.74) is 0.794. The van der Waals surface area contributed by atoms with E-state index >= 15 is 0 Å². The zero-order chi connectivity index (χ0) is 19.4. The van der Waals surface area contributed by atoms with Gasteiger partial charge in [0.05, 0.1) is 11.0 Å². The Hall–Kier alpha value is -2.48. The Morgan fingerprint density at radius 1 is 1.33 bits per heavy atom. The summed E-state index contributed by atoms with van der Waals surface area (Å²) < 4.78 is 0. The van der Waals surface area contributed by atoms with E-state index in [0.717, 1.165) is 37.8 Å². The van der Waals surface area contributed by atoms with Crippen LogP contribution in [0.1, 0.15) is 41.6 Å².